The van der Waals surface area contributed by atoms with Gasteiger partial charge in [-0.25, -0.2) is 0 Å². The highest BCUT2D eigenvalue weighted by molar-refractivity contribution is 7.86. The molecule has 0 bridgehead atoms. The maximum absolute atomic E-state index is 12.1. The lowest BCUT2D eigenvalue weighted by molar-refractivity contribution is -0.140. The zero-order valence-corrected chi connectivity index (χ0v) is 11.8. The van der Waals surface area contributed by atoms with Crippen molar-refractivity contribution in [2.24, 2.45) is 0 Å². The summed E-state index contributed by atoms with van der Waals surface area (Å²) in [5, 5.41) is 0. The van der Waals surface area contributed by atoms with Gasteiger partial charge in [0, 0.05) is 33.8 Å². The van der Waals surface area contributed by atoms with E-state index in [-0.39, 0.29) is 19.1 Å². The molecule has 1 heterocycles. The van der Waals surface area contributed by atoms with E-state index in [2.05, 4.69) is 4.74 Å². The molecule has 0 aromatic carbocycles. The zero-order valence-electron chi connectivity index (χ0n) is 11.0. The Morgan fingerprint density at radius 3 is 2.61 bits per heavy atom. The summed E-state index contributed by atoms with van der Waals surface area (Å²) in [6.07, 6.45) is 0.697. The number of esters is 1. The SMILES string of the molecule is COC(=O)CCN(C)S(=O)(=O)N1CCC(OC)C1. The van der Waals surface area contributed by atoms with Gasteiger partial charge < -0.3 is 9.47 Å². The Morgan fingerprint density at radius 1 is 1.44 bits per heavy atom. The summed E-state index contributed by atoms with van der Waals surface area (Å²) in [7, 11) is 0.799. The fraction of sp³-hybridized carbons (Fsp3) is 0.900. The maximum atomic E-state index is 12.1. The van der Waals surface area contributed by atoms with Crippen LogP contribution in [0.3, 0.4) is 0 Å². The van der Waals surface area contributed by atoms with E-state index in [9.17, 15) is 13.2 Å². The first kappa shape index (κ1) is 15.4. The van der Waals surface area contributed by atoms with E-state index in [0.717, 1.165) is 0 Å². The Kier molecular flexibility index (Phi) is 5.51. The first-order valence-corrected chi connectivity index (χ1v) is 7.12. The molecule has 1 aliphatic heterocycles. The third-order valence-electron chi connectivity index (χ3n) is 3.02. The van der Waals surface area contributed by atoms with Gasteiger partial charge in [-0.3, -0.25) is 4.79 Å². The van der Waals surface area contributed by atoms with Crippen LogP contribution in [-0.4, -0.2) is 70.0 Å². The van der Waals surface area contributed by atoms with Gasteiger partial charge in [-0.2, -0.15) is 17.0 Å². The van der Waals surface area contributed by atoms with Gasteiger partial charge in [0.1, 0.15) is 0 Å². The number of carbonyl (C=O) groups is 1. The van der Waals surface area contributed by atoms with Crippen molar-refractivity contribution in [1.82, 2.24) is 8.61 Å². The molecule has 1 saturated heterocycles. The molecule has 18 heavy (non-hydrogen) atoms. The number of methoxy groups -OCH3 is 2. The van der Waals surface area contributed by atoms with Gasteiger partial charge in [-0.1, -0.05) is 0 Å². The number of ether oxygens (including phenoxy) is 2. The predicted octanol–water partition coefficient (Wildman–Crippen LogP) is -0.553. The highest BCUT2D eigenvalue weighted by atomic mass is 32.2. The van der Waals surface area contributed by atoms with Crippen LogP contribution in [-0.2, 0) is 24.5 Å². The minimum absolute atomic E-state index is 0.0474. The molecule has 0 aromatic heterocycles. The summed E-state index contributed by atoms with van der Waals surface area (Å²) in [6.45, 7) is 0.925. The molecule has 0 spiro atoms. The van der Waals surface area contributed by atoms with E-state index in [0.29, 0.717) is 19.5 Å². The van der Waals surface area contributed by atoms with Crippen molar-refractivity contribution < 1.29 is 22.7 Å². The van der Waals surface area contributed by atoms with Crippen molar-refractivity contribution in [3.63, 3.8) is 0 Å². The summed E-state index contributed by atoms with van der Waals surface area (Å²) in [5.74, 6) is -0.423. The molecule has 1 aliphatic rings. The molecular weight excluding hydrogens is 260 g/mol. The smallest absolute Gasteiger partial charge is 0.306 e. The first-order chi connectivity index (χ1) is 8.41. The molecule has 8 heteroatoms. The summed E-state index contributed by atoms with van der Waals surface area (Å²) in [6, 6.07) is 0. The highest BCUT2D eigenvalue weighted by Gasteiger charge is 2.34. The van der Waals surface area contributed by atoms with Crippen LogP contribution in [0.4, 0.5) is 0 Å². The molecule has 0 saturated carbocycles. The molecule has 0 N–H and O–H groups in total. The van der Waals surface area contributed by atoms with E-state index in [1.165, 1.54) is 22.8 Å². The van der Waals surface area contributed by atoms with Gasteiger partial charge in [0.25, 0.3) is 10.2 Å². The van der Waals surface area contributed by atoms with Crippen LogP contribution in [0.1, 0.15) is 12.8 Å². The molecular formula is C10H20N2O5S. The van der Waals surface area contributed by atoms with Gasteiger partial charge in [0.15, 0.2) is 0 Å². The summed E-state index contributed by atoms with van der Waals surface area (Å²) >= 11 is 0. The second kappa shape index (κ2) is 6.46. The van der Waals surface area contributed by atoms with E-state index in [1.54, 1.807) is 7.11 Å². The standard InChI is InChI=1S/C10H20N2O5S/c1-11(6-5-10(13)17-3)18(14,15)12-7-4-9(8-12)16-2/h9H,4-8H2,1-3H3. The second-order valence-electron chi connectivity index (χ2n) is 4.16. The maximum Gasteiger partial charge on any atom is 0.306 e. The van der Waals surface area contributed by atoms with Crippen molar-refractivity contribution in [3.05, 3.63) is 0 Å². The number of carbonyl (C=O) groups excluding carboxylic acids is 1. The number of hydrogen-bond donors (Lipinski definition) is 0. The lowest BCUT2D eigenvalue weighted by atomic mass is 10.3. The van der Waals surface area contributed by atoms with Crippen LogP contribution in [0.2, 0.25) is 0 Å². The average molecular weight is 280 g/mol. The van der Waals surface area contributed by atoms with Gasteiger partial charge in [-0.15, -0.1) is 0 Å². The summed E-state index contributed by atoms with van der Waals surface area (Å²) in [4.78, 5) is 11.0. The fourth-order valence-electron chi connectivity index (χ4n) is 1.76. The van der Waals surface area contributed by atoms with Crippen LogP contribution in [0.25, 0.3) is 0 Å². The Labute approximate surface area is 108 Å². The van der Waals surface area contributed by atoms with Gasteiger partial charge in [-0.05, 0) is 6.42 Å². The average Bonchev–Trinajstić information content (AvgIpc) is 2.84. The monoisotopic (exact) mass is 280 g/mol. The quantitative estimate of drug-likeness (QED) is 0.610. The van der Waals surface area contributed by atoms with E-state index >= 15 is 0 Å². The Bertz CT molecular complexity index is 384. The van der Waals surface area contributed by atoms with Gasteiger partial charge in [0.2, 0.25) is 0 Å². The Balaban J connectivity index is 2.55. The van der Waals surface area contributed by atoms with Crippen molar-refractivity contribution in [2.45, 2.75) is 18.9 Å². The normalized spacial score (nSPS) is 21.4. The fourth-order valence-corrected chi connectivity index (χ4v) is 3.17. The molecule has 0 radical (unpaired) electrons. The molecule has 1 rings (SSSR count). The van der Waals surface area contributed by atoms with Gasteiger partial charge in [0.05, 0.1) is 19.6 Å². The molecule has 0 amide bonds. The third-order valence-corrected chi connectivity index (χ3v) is 4.97. The molecule has 7 nitrogen and oxygen atoms in total. The van der Waals surface area contributed by atoms with Crippen molar-refractivity contribution in [1.29, 1.82) is 0 Å². The van der Waals surface area contributed by atoms with Crippen molar-refractivity contribution >= 4 is 16.2 Å². The molecule has 106 valence electrons. The zero-order chi connectivity index (χ0) is 13.8. The summed E-state index contributed by atoms with van der Waals surface area (Å²) in [5.41, 5.74) is 0. The Morgan fingerprint density at radius 2 is 2.11 bits per heavy atom. The third kappa shape index (κ3) is 3.64. The molecule has 0 aliphatic carbocycles. The van der Waals surface area contributed by atoms with Crippen LogP contribution in [0.15, 0.2) is 0 Å². The minimum Gasteiger partial charge on any atom is -0.469 e. The lowest BCUT2D eigenvalue weighted by Crippen LogP contribution is -2.41. The number of nitrogens with zero attached hydrogens (tertiary/aromatic N) is 2. The second-order valence-corrected chi connectivity index (χ2v) is 6.20. The van der Waals surface area contributed by atoms with Crippen LogP contribution in [0.5, 0.6) is 0 Å². The van der Waals surface area contributed by atoms with Crippen molar-refractivity contribution in [2.75, 3.05) is 40.9 Å². The highest BCUT2D eigenvalue weighted by Crippen LogP contribution is 2.18. The first-order valence-electron chi connectivity index (χ1n) is 5.72. The Hall–Kier alpha value is -0.700. The topological polar surface area (TPSA) is 76.2 Å². The predicted molar refractivity (Wildman–Crippen MR) is 65.2 cm³/mol. The van der Waals surface area contributed by atoms with Crippen LogP contribution >= 0.6 is 0 Å². The molecule has 1 unspecified atom stereocenters. The minimum atomic E-state index is -3.51. The molecule has 1 atom stereocenters. The lowest BCUT2D eigenvalue weighted by Gasteiger charge is -2.23. The van der Waals surface area contributed by atoms with E-state index in [1.807, 2.05) is 0 Å². The number of rotatable bonds is 6. The largest absolute Gasteiger partial charge is 0.469 e. The number of hydrogen-bond acceptors (Lipinski definition) is 5. The van der Waals surface area contributed by atoms with Crippen LogP contribution < -0.4 is 0 Å². The van der Waals surface area contributed by atoms with Crippen LogP contribution in [0, 0.1) is 0 Å². The molecule has 0 aromatic rings. The van der Waals surface area contributed by atoms with E-state index in [4.69, 9.17) is 4.74 Å². The molecule has 1 fully saturated rings. The van der Waals surface area contributed by atoms with Gasteiger partial charge >= 0.3 is 5.97 Å². The van der Waals surface area contributed by atoms with E-state index < -0.39 is 16.2 Å². The summed E-state index contributed by atoms with van der Waals surface area (Å²) < 4.78 is 36.4. The van der Waals surface area contributed by atoms with Crippen molar-refractivity contribution in [3.8, 4) is 0 Å².